The van der Waals surface area contributed by atoms with Crippen molar-refractivity contribution in [3.05, 3.63) is 58.2 Å². The van der Waals surface area contributed by atoms with Crippen LogP contribution in [0.3, 0.4) is 0 Å². The zero-order valence-corrected chi connectivity index (χ0v) is 24.8. The van der Waals surface area contributed by atoms with E-state index >= 15 is 0 Å². The van der Waals surface area contributed by atoms with Crippen LogP contribution in [0, 0.1) is 17.2 Å². The SMILES string of the molecule is CC(C(=O)O)C(CCN1CCC(c2noc3cc(F)ccc23)CC1)N(C(=O)C(C)(C)C)C1CCCn2c1nccc2=O. The Balaban J connectivity index is 1.36. The number of carbonyl (C=O) groups excluding carboxylic acids is 1. The van der Waals surface area contributed by atoms with Crippen molar-refractivity contribution in [1.82, 2.24) is 24.5 Å². The number of carbonyl (C=O) groups is 2. The second-order valence-corrected chi connectivity index (χ2v) is 12.7. The molecule has 5 rings (SSSR count). The zero-order chi connectivity index (χ0) is 30.2. The number of likely N-dealkylation sites (tertiary alicyclic amines) is 1. The summed E-state index contributed by atoms with van der Waals surface area (Å²) in [4.78, 5) is 47.6. The summed E-state index contributed by atoms with van der Waals surface area (Å²) in [6, 6.07) is 4.84. The Bertz CT molecular complexity index is 1500. The van der Waals surface area contributed by atoms with Crippen molar-refractivity contribution in [2.45, 2.75) is 84.3 Å². The molecule has 42 heavy (non-hydrogen) atoms. The van der Waals surface area contributed by atoms with Gasteiger partial charge in [0.2, 0.25) is 5.91 Å². The maximum Gasteiger partial charge on any atom is 0.308 e. The Morgan fingerprint density at radius 1 is 1.17 bits per heavy atom. The first kappa shape index (κ1) is 29.9. The highest BCUT2D eigenvalue weighted by Gasteiger charge is 2.43. The highest BCUT2D eigenvalue weighted by atomic mass is 19.1. The van der Waals surface area contributed by atoms with Gasteiger partial charge in [0.05, 0.1) is 17.7 Å². The highest BCUT2D eigenvalue weighted by Crippen LogP contribution is 2.37. The number of halogens is 1. The summed E-state index contributed by atoms with van der Waals surface area (Å²) < 4.78 is 20.6. The molecule has 1 aromatic carbocycles. The monoisotopic (exact) mass is 581 g/mol. The molecule has 11 heteroatoms. The number of hydrogen-bond acceptors (Lipinski definition) is 7. The van der Waals surface area contributed by atoms with E-state index in [0.29, 0.717) is 43.8 Å². The fourth-order valence-electron chi connectivity index (χ4n) is 6.45. The van der Waals surface area contributed by atoms with Crippen LogP contribution in [-0.4, -0.2) is 67.2 Å². The normalized spacial score (nSPS) is 19.8. The van der Waals surface area contributed by atoms with Crippen LogP contribution in [0.2, 0.25) is 0 Å². The van der Waals surface area contributed by atoms with Crippen molar-refractivity contribution in [2.24, 2.45) is 11.3 Å². The predicted molar refractivity (Wildman–Crippen MR) is 154 cm³/mol. The molecule has 4 heterocycles. The summed E-state index contributed by atoms with van der Waals surface area (Å²) in [6.07, 6.45) is 4.93. The van der Waals surface area contributed by atoms with E-state index in [-0.39, 0.29) is 23.2 Å². The zero-order valence-electron chi connectivity index (χ0n) is 24.8. The van der Waals surface area contributed by atoms with Gasteiger partial charge >= 0.3 is 5.97 Å². The Kier molecular flexibility index (Phi) is 8.50. The van der Waals surface area contributed by atoms with Crippen molar-refractivity contribution in [2.75, 3.05) is 19.6 Å². The Morgan fingerprint density at radius 3 is 2.60 bits per heavy atom. The Labute approximate surface area is 244 Å². The van der Waals surface area contributed by atoms with Gasteiger partial charge in [-0.25, -0.2) is 9.37 Å². The molecule has 3 atom stereocenters. The summed E-state index contributed by atoms with van der Waals surface area (Å²) in [6.45, 7) is 9.89. The molecule has 0 spiro atoms. The minimum absolute atomic E-state index is 0.148. The fraction of sp³-hybridized carbons (Fsp3) is 0.581. The van der Waals surface area contributed by atoms with E-state index in [4.69, 9.17) is 4.52 Å². The number of amides is 1. The first-order valence-electron chi connectivity index (χ1n) is 14.8. The number of benzene rings is 1. The first-order valence-corrected chi connectivity index (χ1v) is 14.8. The van der Waals surface area contributed by atoms with Gasteiger partial charge in [-0.15, -0.1) is 0 Å². The maximum absolute atomic E-state index is 14.0. The number of aliphatic carboxylic acids is 1. The average Bonchev–Trinajstić information content (AvgIpc) is 3.37. The lowest BCUT2D eigenvalue weighted by atomic mass is 9.87. The van der Waals surface area contributed by atoms with E-state index in [9.17, 15) is 23.9 Å². The molecule has 1 saturated heterocycles. The molecular formula is C31H40FN5O5. The molecule has 2 aromatic heterocycles. The van der Waals surface area contributed by atoms with E-state index < -0.39 is 29.4 Å². The topological polar surface area (TPSA) is 122 Å². The second kappa shape index (κ2) is 11.9. The molecule has 1 amide bonds. The van der Waals surface area contributed by atoms with Crippen LogP contribution in [0.15, 0.2) is 39.8 Å². The summed E-state index contributed by atoms with van der Waals surface area (Å²) in [7, 11) is 0. The molecule has 3 aromatic rings. The molecule has 0 bridgehead atoms. The largest absolute Gasteiger partial charge is 0.481 e. The van der Waals surface area contributed by atoms with E-state index in [1.54, 1.807) is 22.5 Å². The van der Waals surface area contributed by atoms with Crippen molar-refractivity contribution < 1.29 is 23.6 Å². The second-order valence-electron chi connectivity index (χ2n) is 12.7. The highest BCUT2D eigenvalue weighted by molar-refractivity contribution is 5.83. The lowest BCUT2D eigenvalue weighted by molar-refractivity contribution is -0.153. The van der Waals surface area contributed by atoms with Gasteiger partial charge in [-0.1, -0.05) is 25.9 Å². The van der Waals surface area contributed by atoms with Gasteiger partial charge in [0.25, 0.3) is 5.56 Å². The van der Waals surface area contributed by atoms with Crippen LogP contribution in [0.5, 0.6) is 0 Å². The molecular weight excluding hydrogens is 541 g/mol. The van der Waals surface area contributed by atoms with Crippen molar-refractivity contribution >= 4 is 22.8 Å². The third-order valence-corrected chi connectivity index (χ3v) is 8.84. The number of carboxylic acids is 1. The smallest absolute Gasteiger partial charge is 0.308 e. The molecule has 10 nitrogen and oxygen atoms in total. The van der Waals surface area contributed by atoms with Crippen LogP contribution >= 0.6 is 0 Å². The molecule has 2 aliphatic heterocycles. The minimum atomic E-state index is -0.964. The lowest BCUT2D eigenvalue weighted by Crippen LogP contribution is -2.54. The first-order chi connectivity index (χ1) is 20.0. The van der Waals surface area contributed by atoms with Gasteiger partial charge in [-0.05, 0) is 64.3 Å². The van der Waals surface area contributed by atoms with Gasteiger partial charge in [-0.2, -0.15) is 0 Å². The molecule has 0 saturated carbocycles. The lowest BCUT2D eigenvalue weighted by Gasteiger charge is -2.45. The third kappa shape index (κ3) is 5.97. The van der Waals surface area contributed by atoms with Gasteiger partial charge < -0.3 is 19.4 Å². The fourth-order valence-corrected chi connectivity index (χ4v) is 6.45. The van der Waals surface area contributed by atoms with Crippen molar-refractivity contribution in [1.29, 1.82) is 0 Å². The van der Waals surface area contributed by atoms with Gasteiger partial charge in [0, 0.05) is 54.2 Å². The van der Waals surface area contributed by atoms with Crippen LogP contribution in [0.25, 0.3) is 11.0 Å². The molecule has 2 aliphatic rings. The number of rotatable bonds is 8. The van der Waals surface area contributed by atoms with E-state index in [2.05, 4.69) is 15.0 Å². The number of fused-ring (bicyclic) bond motifs is 2. The molecule has 0 aliphatic carbocycles. The number of piperidine rings is 1. The minimum Gasteiger partial charge on any atom is -0.481 e. The van der Waals surface area contributed by atoms with E-state index in [0.717, 1.165) is 37.0 Å². The van der Waals surface area contributed by atoms with Gasteiger partial charge in [0.1, 0.15) is 11.6 Å². The van der Waals surface area contributed by atoms with Crippen molar-refractivity contribution in [3.63, 3.8) is 0 Å². The number of aromatic nitrogens is 3. The predicted octanol–water partition coefficient (Wildman–Crippen LogP) is 4.59. The quantitative estimate of drug-likeness (QED) is 0.410. The van der Waals surface area contributed by atoms with E-state index in [1.165, 1.54) is 24.4 Å². The standard InChI is InChI=1S/C31H40FN5O5/c1-19(29(39)40)23(37(30(41)31(2,3)4)24-6-5-14-36-26(38)9-13-33-28(24)36)12-17-35-15-10-20(11-16-35)27-22-8-7-21(32)18-25(22)42-34-27/h7-9,13,18-20,23-24H,5-6,10-12,14-17H2,1-4H3,(H,39,40). The maximum atomic E-state index is 14.0. The van der Waals surface area contributed by atoms with Crippen LogP contribution in [0.1, 0.15) is 83.3 Å². The number of nitrogens with zero attached hydrogens (tertiary/aromatic N) is 5. The van der Waals surface area contributed by atoms with E-state index in [1.807, 2.05) is 20.8 Å². The summed E-state index contributed by atoms with van der Waals surface area (Å²) >= 11 is 0. The van der Waals surface area contributed by atoms with Crippen molar-refractivity contribution in [3.8, 4) is 0 Å². The Morgan fingerprint density at radius 2 is 1.90 bits per heavy atom. The van der Waals surface area contributed by atoms with Crippen LogP contribution in [-0.2, 0) is 16.1 Å². The molecule has 226 valence electrons. The third-order valence-electron chi connectivity index (χ3n) is 8.84. The van der Waals surface area contributed by atoms with Gasteiger partial charge in [-0.3, -0.25) is 19.0 Å². The summed E-state index contributed by atoms with van der Waals surface area (Å²) in [5.41, 5.74) is 0.379. The number of hydrogen-bond donors (Lipinski definition) is 1. The Hall–Kier alpha value is -3.60. The summed E-state index contributed by atoms with van der Waals surface area (Å²) in [5, 5.41) is 15.2. The van der Waals surface area contributed by atoms with Crippen LogP contribution < -0.4 is 5.56 Å². The average molecular weight is 582 g/mol. The molecule has 1 fully saturated rings. The molecule has 1 N–H and O–H groups in total. The molecule has 0 radical (unpaired) electrons. The van der Waals surface area contributed by atoms with Gasteiger partial charge in [0.15, 0.2) is 5.58 Å². The summed E-state index contributed by atoms with van der Waals surface area (Å²) in [5.74, 6) is -1.58. The van der Waals surface area contributed by atoms with Crippen LogP contribution in [0.4, 0.5) is 4.39 Å². The number of carboxylic acid groups (broad SMARTS) is 1. The molecule has 3 unspecified atom stereocenters.